The number of carbonyl (C=O) groups excluding carboxylic acids is 3. The highest BCUT2D eigenvalue weighted by Gasteiger charge is 2.27. The van der Waals surface area contributed by atoms with Crippen molar-refractivity contribution in [2.45, 2.75) is 0 Å². The number of rotatable bonds is 4. The summed E-state index contributed by atoms with van der Waals surface area (Å²) >= 11 is 0. The van der Waals surface area contributed by atoms with Crippen LogP contribution in [0.4, 0.5) is 18.0 Å². The highest BCUT2D eigenvalue weighted by Crippen LogP contribution is 2.13. The molecule has 1 aliphatic heterocycles. The molecule has 1 aromatic carbocycles. The van der Waals surface area contributed by atoms with Gasteiger partial charge in [-0.2, -0.15) is 0 Å². The summed E-state index contributed by atoms with van der Waals surface area (Å²) in [7, 11) is 0. The van der Waals surface area contributed by atoms with E-state index in [2.05, 4.69) is 10.6 Å². The van der Waals surface area contributed by atoms with E-state index in [1.165, 1.54) is 0 Å². The van der Waals surface area contributed by atoms with Gasteiger partial charge in [0.2, 0.25) is 5.91 Å². The van der Waals surface area contributed by atoms with Crippen molar-refractivity contribution in [1.82, 2.24) is 15.5 Å². The van der Waals surface area contributed by atoms with E-state index < -0.39 is 40.9 Å². The van der Waals surface area contributed by atoms with Gasteiger partial charge in [0, 0.05) is 18.7 Å². The van der Waals surface area contributed by atoms with Crippen LogP contribution >= 0.6 is 0 Å². The lowest BCUT2D eigenvalue weighted by molar-refractivity contribution is -0.124. The first-order valence-corrected chi connectivity index (χ1v) is 5.91. The Morgan fingerprint density at radius 2 is 1.86 bits per heavy atom. The molecule has 2 rings (SSSR count). The molecule has 9 heteroatoms. The topological polar surface area (TPSA) is 78.5 Å². The van der Waals surface area contributed by atoms with Crippen LogP contribution in [0, 0.1) is 17.5 Å². The van der Waals surface area contributed by atoms with Crippen LogP contribution in [0.3, 0.4) is 0 Å². The quantitative estimate of drug-likeness (QED) is 0.623. The largest absolute Gasteiger partial charge is 0.350 e. The van der Waals surface area contributed by atoms with Gasteiger partial charge in [-0.1, -0.05) is 0 Å². The maximum Gasteiger partial charge on any atom is 0.324 e. The van der Waals surface area contributed by atoms with Gasteiger partial charge in [-0.15, -0.1) is 0 Å². The molecule has 0 saturated carbocycles. The number of imide groups is 1. The van der Waals surface area contributed by atoms with Gasteiger partial charge in [0.1, 0.15) is 0 Å². The van der Waals surface area contributed by atoms with Crippen molar-refractivity contribution in [2.75, 3.05) is 19.6 Å². The molecule has 2 N–H and O–H groups in total. The molecular formula is C12H10F3N3O3. The van der Waals surface area contributed by atoms with E-state index in [4.69, 9.17) is 0 Å². The summed E-state index contributed by atoms with van der Waals surface area (Å²) in [6, 6.07) is 0.538. The Balaban J connectivity index is 1.93. The normalized spacial score (nSPS) is 14.3. The van der Waals surface area contributed by atoms with Gasteiger partial charge in [0.15, 0.2) is 17.5 Å². The molecule has 0 aliphatic carbocycles. The standard InChI is InChI=1S/C12H10F3N3O3/c13-7-3-6(4-8(14)10(7)15)11(20)16-1-2-18-9(19)5-17-12(18)21/h3-4H,1-2,5H2,(H,16,20)(H,17,21). The van der Waals surface area contributed by atoms with Crippen LogP contribution < -0.4 is 10.6 Å². The number of amides is 4. The van der Waals surface area contributed by atoms with Crippen LogP contribution in [0.15, 0.2) is 12.1 Å². The number of carbonyl (C=O) groups is 3. The molecule has 6 nitrogen and oxygen atoms in total. The fourth-order valence-electron chi connectivity index (χ4n) is 1.75. The van der Waals surface area contributed by atoms with Gasteiger partial charge in [0.05, 0.1) is 6.54 Å². The third-order valence-electron chi connectivity index (χ3n) is 2.80. The minimum absolute atomic E-state index is 0.0808. The lowest BCUT2D eigenvalue weighted by atomic mass is 10.2. The second-order valence-corrected chi connectivity index (χ2v) is 4.21. The van der Waals surface area contributed by atoms with E-state index >= 15 is 0 Å². The predicted octanol–water partition coefficient (Wildman–Crippen LogP) is 0.385. The Kier molecular flexibility index (Phi) is 4.10. The molecular weight excluding hydrogens is 291 g/mol. The predicted molar refractivity (Wildman–Crippen MR) is 63.8 cm³/mol. The summed E-state index contributed by atoms with van der Waals surface area (Å²) < 4.78 is 38.7. The third kappa shape index (κ3) is 3.12. The summed E-state index contributed by atoms with van der Waals surface area (Å²) in [5, 5.41) is 4.57. The van der Waals surface area contributed by atoms with E-state index in [9.17, 15) is 27.6 Å². The van der Waals surface area contributed by atoms with Crippen LogP contribution in [0.2, 0.25) is 0 Å². The van der Waals surface area contributed by atoms with E-state index in [1.807, 2.05) is 0 Å². The highest BCUT2D eigenvalue weighted by molar-refractivity contribution is 6.02. The van der Waals surface area contributed by atoms with Crippen molar-refractivity contribution in [2.24, 2.45) is 0 Å². The number of hydrogen-bond donors (Lipinski definition) is 2. The lowest BCUT2D eigenvalue weighted by Gasteiger charge is -2.12. The second kappa shape index (κ2) is 5.81. The minimum Gasteiger partial charge on any atom is -0.350 e. The van der Waals surface area contributed by atoms with Crippen LogP contribution in [0.5, 0.6) is 0 Å². The van der Waals surface area contributed by atoms with Crippen molar-refractivity contribution in [1.29, 1.82) is 0 Å². The number of urea groups is 1. The van der Waals surface area contributed by atoms with Gasteiger partial charge in [0.25, 0.3) is 5.91 Å². The first kappa shape index (κ1) is 14.8. The Bertz CT molecular complexity index is 582. The van der Waals surface area contributed by atoms with Crippen LogP contribution in [-0.4, -0.2) is 42.4 Å². The van der Waals surface area contributed by atoms with E-state index in [-0.39, 0.29) is 19.6 Å². The SMILES string of the molecule is O=C(NCCN1C(=O)CNC1=O)c1cc(F)c(F)c(F)c1. The van der Waals surface area contributed by atoms with Crippen LogP contribution in [-0.2, 0) is 4.79 Å². The zero-order valence-corrected chi connectivity index (χ0v) is 10.6. The molecule has 4 amide bonds. The van der Waals surface area contributed by atoms with Crippen molar-refractivity contribution in [3.63, 3.8) is 0 Å². The fourth-order valence-corrected chi connectivity index (χ4v) is 1.75. The molecule has 21 heavy (non-hydrogen) atoms. The number of hydrogen-bond acceptors (Lipinski definition) is 3. The van der Waals surface area contributed by atoms with Gasteiger partial charge in [-0.3, -0.25) is 14.5 Å². The fraction of sp³-hybridized carbons (Fsp3) is 0.250. The first-order valence-electron chi connectivity index (χ1n) is 5.91. The third-order valence-corrected chi connectivity index (χ3v) is 2.80. The summed E-state index contributed by atoms with van der Waals surface area (Å²) in [5.74, 6) is -5.90. The van der Waals surface area contributed by atoms with Gasteiger partial charge < -0.3 is 10.6 Å². The van der Waals surface area contributed by atoms with E-state index in [0.717, 1.165) is 4.90 Å². The van der Waals surface area contributed by atoms with Gasteiger partial charge in [-0.05, 0) is 12.1 Å². The number of nitrogens with one attached hydrogen (secondary N) is 2. The molecule has 0 spiro atoms. The molecule has 112 valence electrons. The number of nitrogens with zero attached hydrogens (tertiary/aromatic N) is 1. The van der Waals surface area contributed by atoms with E-state index in [0.29, 0.717) is 12.1 Å². The summed E-state index contributed by atoms with van der Waals surface area (Å²) in [6.07, 6.45) is 0. The molecule has 0 atom stereocenters. The average Bonchev–Trinajstić information content (AvgIpc) is 2.75. The monoisotopic (exact) mass is 301 g/mol. The van der Waals surface area contributed by atoms with Crippen molar-refractivity contribution in [3.8, 4) is 0 Å². The maximum atomic E-state index is 13.0. The molecule has 0 aromatic heterocycles. The summed E-state index contributed by atoms with van der Waals surface area (Å²) in [5.41, 5.74) is -0.399. The van der Waals surface area contributed by atoms with Crippen LogP contribution in [0.25, 0.3) is 0 Å². The number of benzene rings is 1. The molecule has 1 aromatic rings. The second-order valence-electron chi connectivity index (χ2n) is 4.21. The van der Waals surface area contributed by atoms with Crippen molar-refractivity contribution in [3.05, 3.63) is 35.1 Å². The first-order chi connectivity index (χ1) is 9.90. The van der Waals surface area contributed by atoms with Crippen LogP contribution in [0.1, 0.15) is 10.4 Å². The Morgan fingerprint density at radius 1 is 1.24 bits per heavy atom. The molecule has 1 aliphatic rings. The lowest BCUT2D eigenvalue weighted by Crippen LogP contribution is -2.38. The summed E-state index contributed by atoms with van der Waals surface area (Å²) in [6.45, 7) is -0.289. The average molecular weight is 301 g/mol. The van der Waals surface area contributed by atoms with Crippen molar-refractivity contribution >= 4 is 17.8 Å². The highest BCUT2D eigenvalue weighted by atomic mass is 19.2. The Morgan fingerprint density at radius 3 is 2.38 bits per heavy atom. The minimum atomic E-state index is -1.66. The molecule has 0 bridgehead atoms. The molecule has 1 saturated heterocycles. The Labute approximate surface area is 116 Å². The molecule has 1 heterocycles. The Hall–Kier alpha value is -2.58. The molecule has 0 radical (unpaired) electrons. The smallest absolute Gasteiger partial charge is 0.324 e. The van der Waals surface area contributed by atoms with Gasteiger partial charge >= 0.3 is 6.03 Å². The number of halogens is 3. The van der Waals surface area contributed by atoms with Crippen molar-refractivity contribution < 1.29 is 27.6 Å². The zero-order valence-electron chi connectivity index (χ0n) is 10.6. The van der Waals surface area contributed by atoms with E-state index in [1.54, 1.807) is 0 Å². The molecule has 0 unspecified atom stereocenters. The zero-order chi connectivity index (χ0) is 15.6. The maximum absolute atomic E-state index is 13.0. The van der Waals surface area contributed by atoms with Gasteiger partial charge in [-0.25, -0.2) is 18.0 Å². The summed E-state index contributed by atoms with van der Waals surface area (Å²) in [4.78, 5) is 35.0. The molecule has 1 fully saturated rings.